The summed E-state index contributed by atoms with van der Waals surface area (Å²) < 4.78 is 0. The van der Waals surface area contributed by atoms with Crippen molar-refractivity contribution in [2.75, 3.05) is 26.4 Å². The molecule has 0 saturated carbocycles. The van der Waals surface area contributed by atoms with E-state index in [1.54, 1.807) is 16.8 Å². The maximum atomic E-state index is 9.10. The SMILES string of the molecule is Cc1ncsc1CCNC(CO)(CO)CO. The zero-order valence-electron chi connectivity index (χ0n) is 9.31. The molecule has 0 radical (unpaired) electrons. The summed E-state index contributed by atoms with van der Waals surface area (Å²) in [6, 6.07) is 0. The number of thiazole rings is 1. The van der Waals surface area contributed by atoms with Crippen molar-refractivity contribution in [2.45, 2.75) is 18.9 Å². The van der Waals surface area contributed by atoms with Crippen molar-refractivity contribution >= 4 is 11.3 Å². The fourth-order valence-electron chi connectivity index (χ4n) is 1.33. The average molecular weight is 246 g/mol. The van der Waals surface area contributed by atoms with Gasteiger partial charge in [-0.15, -0.1) is 11.3 Å². The topological polar surface area (TPSA) is 85.6 Å². The van der Waals surface area contributed by atoms with Gasteiger partial charge in [0.1, 0.15) is 0 Å². The van der Waals surface area contributed by atoms with E-state index in [9.17, 15) is 0 Å². The number of nitrogens with one attached hydrogen (secondary N) is 1. The molecule has 1 aromatic rings. The molecule has 0 amide bonds. The Kier molecular flexibility index (Phi) is 5.30. The molecule has 16 heavy (non-hydrogen) atoms. The van der Waals surface area contributed by atoms with Crippen LogP contribution in [-0.2, 0) is 6.42 Å². The molecule has 0 atom stereocenters. The van der Waals surface area contributed by atoms with Crippen molar-refractivity contribution in [2.24, 2.45) is 0 Å². The van der Waals surface area contributed by atoms with Crippen LogP contribution in [-0.4, -0.2) is 52.2 Å². The highest BCUT2D eigenvalue weighted by Crippen LogP contribution is 2.12. The molecule has 1 heterocycles. The van der Waals surface area contributed by atoms with Crippen molar-refractivity contribution in [1.29, 1.82) is 0 Å². The number of rotatable bonds is 7. The molecule has 1 aromatic heterocycles. The van der Waals surface area contributed by atoms with Crippen molar-refractivity contribution in [3.63, 3.8) is 0 Å². The van der Waals surface area contributed by atoms with Crippen LogP contribution in [0.2, 0.25) is 0 Å². The van der Waals surface area contributed by atoms with Gasteiger partial charge in [0, 0.05) is 11.4 Å². The lowest BCUT2D eigenvalue weighted by molar-refractivity contribution is 0.0431. The summed E-state index contributed by atoms with van der Waals surface area (Å²) in [7, 11) is 0. The first-order chi connectivity index (χ1) is 7.67. The molecule has 0 aromatic carbocycles. The van der Waals surface area contributed by atoms with E-state index in [-0.39, 0.29) is 19.8 Å². The molecule has 4 N–H and O–H groups in total. The highest BCUT2D eigenvalue weighted by Gasteiger charge is 2.26. The second-order valence-corrected chi connectivity index (χ2v) is 4.73. The molecule has 1 rings (SSSR count). The number of hydrogen-bond donors (Lipinski definition) is 4. The molecule has 0 aliphatic heterocycles. The van der Waals surface area contributed by atoms with E-state index in [2.05, 4.69) is 10.3 Å². The predicted octanol–water partition coefficient (Wildman–Crippen LogP) is -0.701. The Morgan fingerprint density at radius 3 is 2.38 bits per heavy atom. The van der Waals surface area contributed by atoms with Crippen LogP contribution in [0, 0.1) is 6.92 Å². The van der Waals surface area contributed by atoms with Crippen LogP contribution in [0.5, 0.6) is 0 Å². The van der Waals surface area contributed by atoms with Gasteiger partial charge in [-0.3, -0.25) is 0 Å². The number of aryl methyl sites for hydroxylation is 1. The van der Waals surface area contributed by atoms with Crippen LogP contribution >= 0.6 is 11.3 Å². The van der Waals surface area contributed by atoms with E-state index in [1.807, 2.05) is 6.92 Å². The fourth-order valence-corrected chi connectivity index (χ4v) is 2.11. The molecule has 92 valence electrons. The van der Waals surface area contributed by atoms with Crippen molar-refractivity contribution in [1.82, 2.24) is 10.3 Å². The lowest BCUT2D eigenvalue weighted by Gasteiger charge is -2.28. The summed E-state index contributed by atoms with van der Waals surface area (Å²) in [5, 5.41) is 30.3. The third-order valence-electron chi connectivity index (χ3n) is 2.60. The van der Waals surface area contributed by atoms with Crippen LogP contribution in [0.4, 0.5) is 0 Å². The molecular weight excluding hydrogens is 228 g/mol. The van der Waals surface area contributed by atoms with Crippen molar-refractivity contribution in [3.8, 4) is 0 Å². The Morgan fingerprint density at radius 1 is 1.31 bits per heavy atom. The summed E-state index contributed by atoms with van der Waals surface area (Å²) in [5.74, 6) is 0. The molecule has 0 spiro atoms. The van der Waals surface area contributed by atoms with Gasteiger partial charge >= 0.3 is 0 Å². The number of aliphatic hydroxyl groups is 3. The molecule has 0 fully saturated rings. The summed E-state index contributed by atoms with van der Waals surface area (Å²) >= 11 is 1.58. The molecule has 0 aliphatic rings. The van der Waals surface area contributed by atoms with Gasteiger partial charge in [-0.2, -0.15) is 0 Å². The summed E-state index contributed by atoms with van der Waals surface area (Å²) in [4.78, 5) is 5.31. The minimum absolute atomic E-state index is 0.290. The average Bonchev–Trinajstić information content (AvgIpc) is 2.71. The van der Waals surface area contributed by atoms with Gasteiger partial charge in [-0.1, -0.05) is 0 Å². The van der Waals surface area contributed by atoms with E-state index in [0.717, 1.165) is 12.1 Å². The van der Waals surface area contributed by atoms with Crippen molar-refractivity contribution in [3.05, 3.63) is 16.1 Å². The second kappa shape index (κ2) is 6.27. The van der Waals surface area contributed by atoms with E-state index in [4.69, 9.17) is 15.3 Å². The highest BCUT2D eigenvalue weighted by molar-refractivity contribution is 7.09. The summed E-state index contributed by atoms with van der Waals surface area (Å²) in [6.07, 6.45) is 0.776. The number of aliphatic hydroxyl groups excluding tert-OH is 3. The Bertz CT molecular complexity index is 305. The molecular formula is C10H18N2O3S. The van der Waals surface area contributed by atoms with Crippen LogP contribution in [0.1, 0.15) is 10.6 Å². The van der Waals surface area contributed by atoms with E-state index in [1.165, 1.54) is 4.88 Å². The largest absolute Gasteiger partial charge is 0.394 e. The summed E-state index contributed by atoms with van der Waals surface area (Å²) in [5.41, 5.74) is 1.81. The highest BCUT2D eigenvalue weighted by atomic mass is 32.1. The second-order valence-electron chi connectivity index (χ2n) is 3.79. The van der Waals surface area contributed by atoms with E-state index in [0.29, 0.717) is 6.54 Å². The van der Waals surface area contributed by atoms with Crippen LogP contribution in [0.25, 0.3) is 0 Å². The monoisotopic (exact) mass is 246 g/mol. The quantitative estimate of drug-likeness (QED) is 0.511. The first kappa shape index (κ1) is 13.5. The maximum Gasteiger partial charge on any atom is 0.0881 e. The normalized spacial score (nSPS) is 12.0. The Balaban J connectivity index is 2.42. The molecule has 0 aliphatic carbocycles. The first-order valence-corrected chi connectivity index (χ1v) is 6.02. The fraction of sp³-hybridized carbons (Fsp3) is 0.700. The van der Waals surface area contributed by atoms with E-state index >= 15 is 0 Å². The van der Waals surface area contributed by atoms with Crippen LogP contribution in [0.15, 0.2) is 5.51 Å². The number of aromatic nitrogens is 1. The van der Waals surface area contributed by atoms with Gasteiger partial charge in [0.25, 0.3) is 0 Å². The third-order valence-corrected chi connectivity index (χ3v) is 3.60. The minimum Gasteiger partial charge on any atom is -0.394 e. The molecule has 6 heteroatoms. The predicted molar refractivity (Wildman–Crippen MR) is 62.5 cm³/mol. The van der Waals surface area contributed by atoms with Gasteiger partial charge < -0.3 is 20.6 Å². The number of hydrogen-bond acceptors (Lipinski definition) is 6. The van der Waals surface area contributed by atoms with Crippen molar-refractivity contribution < 1.29 is 15.3 Å². The Hall–Kier alpha value is -0.530. The van der Waals surface area contributed by atoms with Gasteiger partial charge in [-0.25, -0.2) is 4.98 Å². The smallest absolute Gasteiger partial charge is 0.0881 e. The molecule has 0 unspecified atom stereocenters. The van der Waals surface area contributed by atoms with Gasteiger partial charge in [0.2, 0.25) is 0 Å². The minimum atomic E-state index is -0.988. The van der Waals surface area contributed by atoms with E-state index < -0.39 is 5.54 Å². The molecule has 5 nitrogen and oxygen atoms in total. The van der Waals surface area contributed by atoms with Gasteiger partial charge in [-0.05, 0) is 13.3 Å². The molecule has 0 bridgehead atoms. The third kappa shape index (κ3) is 3.23. The van der Waals surface area contributed by atoms with Crippen LogP contribution in [0.3, 0.4) is 0 Å². The Morgan fingerprint density at radius 2 is 1.94 bits per heavy atom. The van der Waals surface area contributed by atoms with Crippen LogP contribution < -0.4 is 5.32 Å². The first-order valence-electron chi connectivity index (χ1n) is 5.14. The zero-order valence-corrected chi connectivity index (χ0v) is 10.1. The zero-order chi connectivity index (χ0) is 12.0. The maximum absolute atomic E-state index is 9.10. The molecule has 0 saturated heterocycles. The summed E-state index contributed by atoms with van der Waals surface area (Å²) in [6.45, 7) is 1.67. The number of nitrogens with zero attached hydrogens (tertiary/aromatic N) is 1. The van der Waals surface area contributed by atoms with Gasteiger partial charge in [0.15, 0.2) is 0 Å². The lowest BCUT2D eigenvalue weighted by atomic mass is 10.0. The lowest BCUT2D eigenvalue weighted by Crippen LogP contribution is -2.55. The standard InChI is InChI=1S/C10H18N2O3S/c1-8-9(16-7-11-8)2-3-12-10(4-13,5-14)6-15/h7,12-15H,2-6H2,1H3. The van der Waals surface area contributed by atoms with Gasteiger partial charge in [0.05, 0.1) is 36.6 Å². The Labute approximate surface area is 98.8 Å².